The molecule has 2 N–H and O–H groups in total. The zero-order valence-electron chi connectivity index (χ0n) is 11.4. The van der Waals surface area contributed by atoms with Crippen molar-refractivity contribution in [3.05, 3.63) is 58.1 Å². The Hall–Kier alpha value is -1.52. The number of phenolic OH excluding ortho intramolecular Hbond substituents is 1. The molecule has 0 heterocycles. The fraction of sp³-hybridized carbons (Fsp3) is 0.250. The summed E-state index contributed by atoms with van der Waals surface area (Å²) in [6.45, 7) is 4.19. The summed E-state index contributed by atoms with van der Waals surface area (Å²) in [5.74, 6) is 1.16. The smallest absolute Gasteiger partial charge is 0.129 e. The molecule has 4 heteroatoms. The molecule has 0 fully saturated rings. The van der Waals surface area contributed by atoms with Crippen molar-refractivity contribution in [2.24, 2.45) is 0 Å². The van der Waals surface area contributed by atoms with Crippen LogP contribution in [0.25, 0.3) is 0 Å². The molecular weight excluding hydrogens is 318 g/mol. The van der Waals surface area contributed by atoms with Gasteiger partial charge in [0.1, 0.15) is 18.1 Å². The summed E-state index contributed by atoms with van der Waals surface area (Å²) < 4.78 is 6.37. The van der Waals surface area contributed by atoms with Crippen molar-refractivity contribution in [3.8, 4) is 11.5 Å². The van der Waals surface area contributed by atoms with Crippen molar-refractivity contribution in [2.45, 2.75) is 13.5 Å². The highest BCUT2D eigenvalue weighted by Crippen LogP contribution is 2.24. The van der Waals surface area contributed by atoms with E-state index in [1.165, 1.54) is 5.56 Å². The van der Waals surface area contributed by atoms with Gasteiger partial charge in [-0.25, -0.2) is 0 Å². The summed E-state index contributed by atoms with van der Waals surface area (Å²) in [4.78, 5) is 0. The van der Waals surface area contributed by atoms with E-state index >= 15 is 0 Å². The molecule has 0 aliphatic heterocycles. The number of rotatable bonds is 6. The molecule has 0 aliphatic carbocycles. The fourth-order valence-corrected chi connectivity index (χ4v) is 2.27. The molecule has 2 aromatic carbocycles. The van der Waals surface area contributed by atoms with Crippen molar-refractivity contribution in [3.63, 3.8) is 0 Å². The summed E-state index contributed by atoms with van der Waals surface area (Å²) in [6.07, 6.45) is 0. The lowest BCUT2D eigenvalue weighted by Gasteiger charge is -2.08. The molecule has 20 heavy (non-hydrogen) atoms. The molecule has 2 rings (SSSR count). The molecule has 0 bridgehead atoms. The van der Waals surface area contributed by atoms with Gasteiger partial charge in [0.25, 0.3) is 0 Å². The normalized spacial score (nSPS) is 10.5. The van der Waals surface area contributed by atoms with Gasteiger partial charge < -0.3 is 15.2 Å². The maximum absolute atomic E-state index is 9.41. The van der Waals surface area contributed by atoms with E-state index in [0.29, 0.717) is 11.1 Å². The number of aryl methyl sites for hydroxylation is 1. The SMILES string of the molecule is Cc1cccc(OCCNCc2ccc(O)c(Br)c2)c1. The van der Waals surface area contributed by atoms with Crippen LogP contribution in [0.1, 0.15) is 11.1 Å². The van der Waals surface area contributed by atoms with E-state index in [4.69, 9.17) is 4.74 Å². The van der Waals surface area contributed by atoms with Crippen molar-refractivity contribution in [1.29, 1.82) is 0 Å². The molecule has 0 aromatic heterocycles. The van der Waals surface area contributed by atoms with Gasteiger partial charge in [-0.2, -0.15) is 0 Å². The zero-order valence-corrected chi connectivity index (χ0v) is 13.0. The quantitative estimate of drug-likeness (QED) is 0.792. The average Bonchev–Trinajstić information content (AvgIpc) is 2.42. The van der Waals surface area contributed by atoms with E-state index in [0.717, 1.165) is 24.4 Å². The Kier molecular flexibility index (Phi) is 5.44. The lowest BCUT2D eigenvalue weighted by atomic mass is 10.2. The molecule has 3 nitrogen and oxygen atoms in total. The van der Waals surface area contributed by atoms with E-state index in [1.807, 2.05) is 43.3 Å². The van der Waals surface area contributed by atoms with Gasteiger partial charge in [-0.05, 0) is 58.2 Å². The molecule has 0 saturated carbocycles. The Balaban J connectivity index is 1.70. The third kappa shape index (κ3) is 4.54. The number of ether oxygens (including phenoxy) is 1. The van der Waals surface area contributed by atoms with Crippen LogP contribution in [0.3, 0.4) is 0 Å². The first kappa shape index (κ1) is 14.9. The maximum Gasteiger partial charge on any atom is 0.129 e. The Morgan fingerprint density at radius 3 is 2.80 bits per heavy atom. The Labute approximate surface area is 127 Å². The second-order valence-electron chi connectivity index (χ2n) is 4.63. The standard InChI is InChI=1S/C16H18BrNO2/c1-12-3-2-4-14(9-12)20-8-7-18-11-13-5-6-16(19)15(17)10-13/h2-6,9-10,18-19H,7-8,11H2,1H3. The summed E-state index contributed by atoms with van der Waals surface area (Å²) in [5.41, 5.74) is 2.31. The van der Waals surface area contributed by atoms with Crippen LogP contribution < -0.4 is 10.1 Å². The lowest BCUT2D eigenvalue weighted by Crippen LogP contribution is -2.20. The van der Waals surface area contributed by atoms with E-state index < -0.39 is 0 Å². The predicted octanol–water partition coefficient (Wildman–Crippen LogP) is 3.63. The number of phenols is 1. The summed E-state index contributed by atoms with van der Waals surface area (Å²) in [7, 11) is 0. The second-order valence-corrected chi connectivity index (χ2v) is 5.48. The number of hydrogen-bond acceptors (Lipinski definition) is 3. The van der Waals surface area contributed by atoms with Crippen LogP contribution in [0.15, 0.2) is 46.9 Å². The number of hydrogen-bond donors (Lipinski definition) is 2. The Morgan fingerprint density at radius 2 is 2.05 bits per heavy atom. The topological polar surface area (TPSA) is 41.5 Å². The summed E-state index contributed by atoms with van der Waals surface area (Å²) in [5, 5.41) is 12.7. The van der Waals surface area contributed by atoms with E-state index in [1.54, 1.807) is 6.07 Å². The molecule has 0 amide bonds. The van der Waals surface area contributed by atoms with Crippen LogP contribution in [-0.4, -0.2) is 18.3 Å². The third-order valence-electron chi connectivity index (χ3n) is 2.88. The monoisotopic (exact) mass is 335 g/mol. The number of halogens is 1. The second kappa shape index (κ2) is 7.31. The zero-order chi connectivity index (χ0) is 14.4. The van der Waals surface area contributed by atoms with Crippen LogP contribution in [0.5, 0.6) is 11.5 Å². The van der Waals surface area contributed by atoms with Crippen LogP contribution in [-0.2, 0) is 6.54 Å². The van der Waals surface area contributed by atoms with Crippen molar-refractivity contribution >= 4 is 15.9 Å². The summed E-state index contributed by atoms with van der Waals surface area (Å²) in [6, 6.07) is 13.5. The van der Waals surface area contributed by atoms with Crippen molar-refractivity contribution < 1.29 is 9.84 Å². The molecule has 0 unspecified atom stereocenters. The average molecular weight is 336 g/mol. The van der Waals surface area contributed by atoms with Gasteiger partial charge in [-0.15, -0.1) is 0 Å². The number of benzene rings is 2. The molecule has 0 aliphatic rings. The first-order chi connectivity index (χ1) is 9.65. The highest BCUT2D eigenvalue weighted by atomic mass is 79.9. The number of aromatic hydroxyl groups is 1. The first-order valence-electron chi connectivity index (χ1n) is 6.53. The van der Waals surface area contributed by atoms with Crippen LogP contribution in [0, 0.1) is 6.92 Å². The van der Waals surface area contributed by atoms with E-state index in [-0.39, 0.29) is 5.75 Å². The minimum absolute atomic E-state index is 0.261. The molecule has 2 aromatic rings. The predicted molar refractivity (Wildman–Crippen MR) is 84.2 cm³/mol. The van der Waals surface area contributed by atoms with Crippen LogP contribution in [0.4, 0.5) is 0 Å². The molecule has 0 atom stereocenters. The Bertz CT molecular complexity index is 572. The first-order valence-corrected chi connectivity index (χ1v) is 7.32. The van der Waals surface area contributed by atoms with Gasteiger partial charge in [-0.1, -0.05) is 18.2 Å². The molecule has 0 spiro atoms. The lowest BCUT2D eigenvalue weighted by molar-refractivity contribution is 0.313. The van der Waals surface area contributed by atoms with Crippen molar-refractivity contribution in [2.75, 3.05) is 13.2 Å². The minimum atomic E-state index is 0.261. The Morgan fingerprint density at radius 1 is 1.20 bits per heavy atom. The highest BCUT2D eigenvalue weighted by Gasteiger charge is 1.99. The van der Waals surface area contributed by atoms with Crippen LogP contribution in [0.2, 0.25) is 0 Å². The highest BCUT2D eigenvalue weighted by molar-refractivity contribution is 9.10. The van der Waals surface area contributed by atoms with E-state index in [2.05, 4.69) is 21.2 Å². The van der Waals surface area contributed by atoms with Gasteiger partial charge in [0.2, 0.25) is 0 Å². The molecular formula is C16H18BrNO2. The van der Waals surface area contributed by atoms with Crippen LogP contribution >= 0.6 is 15.9 Å². The molecule has 0 saturated heterocycles. The number of nitrogens with one attached hydrogen (secondary N) is 1. The van der Waals surface area contributed by atoms with Gasteiger partial charge in [-0.3, -0.25) is 0 Å². The van der Waals surface area contributed by atoms with Gasteiger partial charge >= 0.3 is 0 Å². The largest absolute Gasteiger partial charge is 0.507 e. The van der Waals surface area contributed by atoms with E-state index in [9.17, 15) is 5.11 Å². The maximum atomic E-state index is 9.41. The van der Waals surface area contributed by atoms with Gasteiger partial charge in [0.05, 0.1) is 4.47 Å². The third-order valence-corrected chi connectivity index (χ3v) is 3.51. The minimum Gasteiger partial charge on any atom is -0.507 e. The molecule has 106 valence electrons. The van der Waals surface area contributed by atoms with Gasteiger partial charge in [0.15, 0.2) is 0 Å². The summed E-state index contributed by atoms with van der Waals surface area (Å²) >= 11 is 3.30. The molecule has 0 radical (unpaired) electrons. The van der Waals surface area contributed by atoms with Crippen molar-refractivity contribution in [1.82, 2.24) is 5.32 Å². The van der Waals surface area contributed by atoms with Gasteiger partial charge in [0, 0.05) is 13.1 Å². The fourth-order valence-electron chi connectivity index (χ4n) is 1.84.